The third kappa shape index (κ3) is 5.16. The molecule has 1 heterocycles. The molecule has 1 aliphatic carbocycles. The van der Waals surface area contributed by atoms with Gasteiger partial charge in [-0.1, -0.05) is 0 Å². The van der Waals surface area contributed by atoms with Crippen LogP contribution in [0.15, 0.2) is 0 Å². The minimum absolute atomic E-state index is 0. The molecule has 0 aromatic carbocycles. The quantitative estimate of drug-likeness (QED) is 0.810. The largest absolute Gasteiger partial charge is 0.392 e. The molecule has 0 aromatic heterocycles. The summed E-state index contributed by atoms with van der Waals surface area (Å²) in [5, 5.41) is 12.8. The number of β-amino-alcohol motifs (C(OH)–C–C–N with tert-alkyl or cyclic N) is 1. The molecule has 2 amide bonds. The number of nitrogens with zero attached hydrogens (tertiary/aromatic N) is 2. The van der Waals surface area contributed by atoms with E-state index in [-0.39, 0.29) is 30.6 Å². The summed E-state index contributed by atoms with van der Waals surface area (Å²) in [6.07, 6.45) is 2.19. The number of halogens is 1. The van der Waals surface area contributed by atoms with Crippen LogP contribution in [-0.4, -0.2) is 65.8 Å². The van der Waals surface area contributed by atoms with Crippen molar-refractivity contribution in [3.05, 3.63) is 0 Å². The third-order valence-electron chi connectivity index (χ3n) is 3.68. The van der Waals surface area contributed by atoms with Gasteiger partial charge in [0.05, 0.1) is 6.10 Å². The van der Waals surface area contributed by atoms with E-state index in [1.807, 2.05) is 18.7 Å². The van der Waals surface area contributed by atoms with E-state index in [0.29, 0.717) is 5.92 Å². The van der Waals surface area contributed by atoms with Gasteiger partial charge in [-0.2, -0.15) is 0 Å². The predicted molar refractivity (Wildman–Crippen MR) is 77.7 cm³/mol. The molecule has 1 unspecified atom stereocenters. The Morgan fingerprint density at radius 1 is 1.26 bits per heavy atom. The number of hydrogen-bond donors (Lipinski definition) is 2. The monoisotopic (exact) mass is 291 g/mol. The van der Waals surface area contributed by atoms with Crippen LogP contribution in [0.1, 0.15) is 26.7 Å². The summed E-state index contributed by atoms with van der Waals surface area (Å²) >= 11 is 0. The van der Waals surface area contributed by atoms with Gasteiger partial charge in [-0.15, -0.1) is 12.4 Å². The van der Waals surface area contributed by atoms with Gasteiger partial charge < -0.3 is 15.3 Å². The van der Waals surface area contributed by atoms with Crippen LogP contribution in [0.5, 0.6) is 0 Å². The second-order valence-corrected chi connectivity index (χ2v) is 5.80. The Labute approximate surface area is 121 Å². The molecular formula is C13H26ClN3O2. The molecule has 6 heteroatoms. The molecule has 2 rings (SSSR count). The highest BCUT2D eigenvalue weighted by Gasteiger charge is 2.32. The van der Waals surface area contributed by atoms with Crippen molar-refractivity contribution in [2.24, 2.45) is 5.92 Å². The van der Waals surface area contributed by atoms with Gasteiger partial charge in [-0.3, -0.25) is 4.90 Å². The summed E-state index contributed by atoms with van der Waals surface area (Å²) in [5.74, 6) is 0.535. The Bertz CT molecular complexity index is 290. The van der Waals surface area contributed by atoms with Gasteiger partial charge in [0.2, 0.25) is 0 Å². The fraction of sp³-hybridized carbons (Fsp3) is 0.923. The summed E-state index contributed by atoms with van der Waals surface area (Å²) in [5.41, 5.74) is 0. The smallest absolute Gasteiger partial charge is 0.317 e. The van der Waals surface area contributed by atoms with Crippen LogP contribution in [0.4, 0.5) is 4.79 Å². The maximum absolute atomic E-state index is 11.8. The Morgan fingerprint density at radius 3 is 2.32 bits per heavy atom. The van der Waals surface area contributed by atoms with Crippen molar-refractivity contribution in [3.8, 4) is 0 Å². The van der Waals surface area contributed by atoms with Crippen LogP contribution >= 0.6 is 12.4 Å². The van der Waals surface area contributed by atoms with Crippen LogP contribution in [0, 0.1) is 5.92 Å². The number of aliphatic hydroxyl groups is 1. The minimum atomic E-state index is -0.166. The van der Waals surface area contributed by atoms with Gasteiger partial charge in [0.15, 0.2) is 0 Å². The highest BCUT2D eigenvalue weighted by Crippen LogP contribution is 2.32. The first kappa shape index (κ1) is 16.5. The summed E-state index contributed by atoms with van der Waals surface area (Å²) in [7, 11) is 0. The molecule has 112 valence electrons. The molecule has 0 spiro atoms. The highest BCUT2D eigenvalue weighted by atomic mass is 35.5. The number of nitrogens with one attached hydrogen (secondary N) is 1. The van der Waals surface area contributed by atoms with Crippen molar-refractivity contribution >= 4 is 18.4 Å². The first-order valence-corrected chi connectivity index (χ1v) is 7.02. The van der Waals surface area contributed by atoms with Crippen LogP contribution in [0.3, 0.4) is 0 Å². The number of carbonyl (C=O) groups excluding carboxylic acids is 1. The maximum atomic E-state index is 11.8. The zero-order valence-corrected chi connectivity index (χ0v) is 12.7. The first-order valence-electron chi connectivity index (χ1n) is 7.02. The number of amides is 2. The molecule has 0 aromatic rings. The molecular weight excluding hydrogens is 266 g/mol. The van der Waals surface area contributed by atoms with Crippen LogP contribution in [0.2, 0.25) is 0 Å². The average molecular weight is 292 g/mol. The van der Waals surface area contributed by atoms with Crippen LogP contribution in [0.25, 0.3) is 0 Å². The number of rotatable bonds is 4. The van der Waals surface area contributed by atoms with Crippen molar-refractivity contribution < 1.29 is 9.90 Å². The predicted octanol–water partition coefficient (Wildman–Crippen LogP) is 0.915. The van der Waals surface area contributed by atoms with Gasteiger partial charge in [-0.25, -0.2) is 4.79 Å². The summed E-state index contributed by atoms with van der Waals surface area (Å²) < 4.78 is 0. The van der Waals surface area contributed by atoms with E-state index in [9.17, 15) is 9.90 Å². The van der Waals surface area contributed by atoms with Gasteiger partial charge in [0.1, 0.15) is 0 Å². The molecule has 1 saturated carbocycles. The van der Waals surface area contributed by atoms with E-state index in [1.54, 1.807) is 0 Å². The number of carbonyl (C=O) groups is 1. The van der Waals surface area contributed by atoms with Crippen molar-refractivity contribution in [3.63, 3.8) is 0 Å². The molecule has 1 saturated heterocycles. The lowest BCUT2D eigenvalue weighted by atomic mass is 10.2. The SMILES string of the molecule is CC(C)NC(=O)N1CCN(CC(O)C2CC2)CC1.Cl. The second-order valence-electron chi connectivity index (χ2n) is 5.80. The molecule has 1 aliphatic heterocycles. The second kappa shape index (κ2) is 7.31. The van der Waals surface area contributed by atoms with Crippen molar-refractivity contribution in [2.75, 3.05) is 32.7 Å². The molecule has 2 N–H and O–H groups in total. The summed E-state index contributed by atoms with van der Waals surface area (Å²) in [6, 6.07) is 0.222. The lowest BCUT2D eigenvalue weighted by Gasteiger charge is -2.36. The van der Waals surface area contributed by atoms with Crippen molar-refractivity contribution in [2.45, 2.75) is 38.8 Å². The van der Waals surface area contributed by atoms with Gasteiger partial charge in [0.25, 0.3) is 0 Å². The Balaban J connectivity index is 0.00000180. The van der Waals surface area contributed by atoms with Crippen molar-refractivity contribution in [1.82, 2.24) is 15.1 Å². The maximum Gasteiger partial charge on any atom is 0.317 e. The van der Waals surface area contributed by atoms with Crippen molar-refractivity contribution in [1.29, 1.82) is 0 Å². The van der Waals surface area contributed by atoms with Gasteiger partial charge in [-0.05, 0) is 32.6 Å². The Kier molecular flexibility index (Phi) is 6.36. The molecule has 1 atom stereocenters. The van der Waals surface area contributed by atoms with Gasteiger partial charge >= 0.3 is 6.03 Å². The number of piperazine rings is 1. The topological polar surface area (TPSA) is 55.8 Å². The molecule has 0 bridgehead atoms. The Morgan fingerprint density at radius 2 is 1.84 bits per heavy atom. The van der Waals surface area contributed by atoms with E-state index in [1.165, 1.54) is 12.8 Å². The highest BCUT2D eigenvalue weighted by molar-refractivity contribution is 5.85. The summed E-state index contributed by atoms with van der Waals surface area (Å²) in [6.45, 7) is 7.97. The summed E-state index contributed by atoms with van der Waals surface area (Å²) in [4.78, 5) is 15.9. The molecule has 2 aliphatic rings. The molecule has 19 heavy (non-hydrogen) atoms. The number of aliphatic hydroxyl groups excluding tert-OH is 1. The minimum Gasteiger partial charge on any atom is -0.392 e. The zero-order chi connectivity index (χ0) is 13.1. The normalized spacial score (nSPS) is 22.0. The van der Waals surface area contributed by atoms with E-state index in [2.05, 4.69) is 10.2 Å². The first-order chi connectivity index (χ1) is 8.56. The Hall–Kier alpha value is -0.520. The number of hydrogen-bond acceptors (Lipinski definition) is 3. The standard InChI is InChI=1S/C13H25N3O2.ClH/c1-10(2)14-13(18)16-7-5-15(6-8-16)9-12(17)11-3-4-11;/h10-12,17H,3-9H2,1-2H3,(H,14,18);1H. The number of urea groups is 1. The fourth-order valence-electron chi connectivity index (χ4n) is 2.37. The van der Waals surface area contributed by atoms with E-state index in [0.717, 1.165) is 32.7 Å². The third-order valence-corrected chi connectivity index (χ3v) is 3.68. The van der Waals surface area contributed by atoms with E-state index in [4.69, 9.17) is 0 Å². The lowest BCUT2D eigenvalue weighted by molar-refractivity contribution is 0.0694. The fourth-order valence-corrected chi connectivity index (χ4v) is 2.37. The van der Waals surface area contributed by atoms with E-state index < -0.39 is 0 Å². The molecule has 5 nitrogen and oxygen atoms in total. The van der Waals surface area contributed by atoms with Crippen LogP contribution in [-0.2, 0) is 0 Å². The average Bonchev–Trinajstić information content (AvgIpc) is 3.12. The molecule has 0 radical (unpaired) electrons. The lowest BCUT2D eigenvalue weighted by Crippen LogP contribution is -2.53. The van der Waals surface area contributed by atoms with E-state index >= 15 is 0 Å². The molecule has 2 fully saturated rings. The van der Waals surface area contributed by atoms with Gasteiger partial charge in [0, 0.05) is 38.8 Å². The zero-order valence-electron chi connectivity index (χ0n) is 11.8. The van der Waals surface area contributed by atoms with Crippen LogP contribution < -0.4 is 5.32 Å².